The number of hydrogen-bond donors (Lipinski definition) is 1. The number of rotatable bonds is 11. The van der Waals surface area contributed by atoms with E-state index in [0.717, 1.165) is 27.7 Å². The van der Waals surface area contributed by atoms with E-state index in [4.69, 9.17) is 57.2 Å². The number of carbonyl (C=O) groups excluding carboxylic acids is 7. The van der Waals surface area contributed by atoms with Gasteiger partial charge in [0.2, 0.25) is 0 Å². The van der Waals surface area contributed by atoms with Crippen LogP contribution < -0.4 is 5.73 Å². The van der Waals surface area contributed by atoms with E-state index in [-0.39, 0.29) is 0 Å². The van der Waals surface area contributed by atoms with Crippen molar-refractivity contribution in [3.05, 3.63) is 0 Å². The van der Waals surface area contributed by atoms with Gasteiger partial charge in [0, 0.05) is 52.5 Å². The summed E-state index contributed by atoms with van der Waals surface area (Å²) in [7, 11) is 0. The van der Waals surface area contributed by atoms with Crippen LogP contribution in [0.3, 0.4) is 0 Å². The number of hydrogen-bond acceptors (Lipinski definition) is 18. The van der Waals surface area contributed by atoms with Crippen molar-refractivity contribution in [1.82, 2.24) is 0 Å². The minimum absolute atomic E-state index is 0.616. The molecule has 10 atom stereocenters. The minimum Gasteiger partial charge on any atom is -0.463 e. The Morgan fingerprint density at radius 1 is 0.545 bits per heavy atom. The summed E-state index contributed by atoms with van der Waals surface area (Å²) in [5.74, 6) is -6.91. The monoisotopic (exact) mass is 638 g/mol. The molecule has 248 valence electrons. The Kier molecular flexibility index (Phi) is 11.7. The first kappa shape index (κ1) is 31.6. The Hall–Kier alpha value is -3.87. The van der Waals surface area contributed by atoms with Gasteiger partial charge in [-0.05, 0) is 0 Å². The molecule has 0 aromatic heterocycles. The lowest BCUT2D eigenvalue weighted by Crippen LogP contribution is -2.68. The third kappa shape index (κ3) is 10.7. The van der Waals surface area contributed by atoms with Gasteiger partial charge >= 0.3 is 41.8 Å². The molecule has 0 aliphatic carbocycles. The van der Waals surface area contributed by atoms with Gasteiger partial charge < -0.3 is 53.1 Å². The molecule has 1 unspecified atom stereocenters. The third-order valence-corrected chi connectivity index (χ3v) is 5.85. The zero-order valence-corrected chi connectivity index (χ0v) is 24.3. The summed E-state index contributed by atoms with van der Waals surface area (Å²) in [6.07, 6.45) is -16.6. The topological polar surface area (TPSA) is 238 Å². The minimum atomic E-state index is -1.88. The van der Waals surface area contributed by atoms with E-state index < -0.39 is 137 Å². The van der Waals surface area contributed by atoms with E-state index in [1.165, 1.54) is 0 Å². The van der Waals surface area contributed by atoms with Crippen LogP contribution in [0.25, 0.3) is 0 Å². The van der Waals surface area contributed by atoms with Crippen molar-refractivity contribution in [1.29, 1.82) is 0 Å². The molecule has 0 spiro atoms. The molecule has 2 aliphatic heterocycles. The van der Waals surface area contributed by atoms with E-state index in [1.54, 1.807) is 0 Å². The van der Waals surface area contributed by atoms with Crippen molar-refractivity contribution in [3.63, 3.8) is 0 Å². The molecule has 2 aliphatic rings. The van der Waals surface area contributed by atoms with Crippen LogP contribution in [0.15, 0.2) is 0 Å². The average molecular weight is 639 g/mol. The molecular weight excluding hydrogens is 598 g/mol. The van der Waals surface area contributed by atoms with Crippen molar-refractivity contribution >= 4 is 41.8 Å². The average Bonchev–Trinajstić information content (AvgIpc) is 2.99. The van der Waals surface area contributed by atoms with Crippen molar-refractivity contribution in [3.8, 4) is 0 Å². The predicted molar refractivity (Wildman–Crippen MR) is 137 cm³/mol. The number of nitrogens with two attached hydrogens (primary N) is 1. The molecular formula is C26H37NO17. The first-order valence-electron chi connectivity index (χ1n) is 15.0. The van der Waals surface area contributed by atoms with E-state index in [1.807, 2.05) is 0 Å². The van der Waals surface area contributed by atoms with Gasteiger partial charge in [-0.25, -0.2) is 0 Å². The van der Waals surface area contributed by atoms with Crippen LogP contribution in [-0.4, -0.2) is 116 Å². The van der Waals surface area contributed by atoms with Crippen molar-refractivity contribution in [2.75, 3.05) is 13.2 Å². The van der Waals surface area contributed by atoms with Gasteiger partial charge in [0.05, 0.1) is 0 Å². The highest BCUT2D eigenvalue weighted by Crippen LogP contribution is 2.34. The fourth-order valence-electron chi connectivity index (χ4n) is 4.44. The standard InChI is InChI=1S/C26H37NO17/c1-10(28)35-8-17-20(21(38-13(4)31)23(25(27)42-17)40-15(6)33)44-26-24(41-16(7)34)22(39-14(5)32)19(37-12(3)30)18(43-26)9-36-11(2)29/h17-26H,8-9,27H2,1-7H3/t17-,18-,19-,20-,21+,22+,23+,24+,25?,26+/m1/s1/i1D,4D,6D. The van der Waals surface area contributed by atoms with E-state index in [0.29, 0.717) is 0 Å². The largest absolute Gasteiger partial charge is 0.463 e. The Bertz CT molecular complexity index is 1160. The van der Waals surface area contributed by atoms with Crippen LogP contribution in [0.5, 0.6) is 0 Å². The quantitative estimate of drug-likeness (QED) is 0.201. The normalized spacial score (nSPS) is 32.3. The molecule has 0 radical (unpaired) electrons. The van der Waals surface area contributed by atoms with E-state index >= 15 is 0 Å². The van der Waals surface area contributed by atoms with Crippen LogP contribution >= 0.6 is 0 Å². The maximum absolute atomic E-state index is 12.4. The molecule has 0 amide bonds. The van der Waals surface area contributed by atoms with Gasteiger partial charge in [0.25, 0.3) is 0 Å². The summed E-state index contributed by atoms with van der Waals surface area (Å²) in [6, 6.07) is 0. The molecule has 18 nitrogen and oxygen atoms in total. The van der Waals surface area contributed by atoms with Gasteiger partial charge in [-0.2, -0.15) is 0 Å². The SMILES string of the molecule is [2H]CC(=O)OC[C@H]1OC(N)[C@@H](OC(=O)C[2H])[C@@H](OC(=O)C[2H])[C@@H]1O[C@@H]1O[C@H](COC(C)=O)[C@@H](OC(C)=O)[C@H](OC(C)=O)[C@@H]1OC(C)=O. The summed E-state index contributed by atoms with van der Waals surface area (Å²) in [5.41, 5.74) is 6.05. The molecule has 44 heavy (non-hydrogen) atoms. The van der Waals surface area contributed by atoms with Crippen LogP contribution in [-0.2, 0) is 80.9 Å². The molecule has 2 fully saturated rings. The molecule has 0 aromatic carbocycles. The Balaban J connectivity index is 2.70. The smallest absolute Gasteiger partial charge is 0.303 e. The number of ether oxygens (including phenoxy) is 10. The van der Waals surface area contributed by atoms with Gasteiger partial charge in [-0.1, -0.05) is 0 Å². The van der Waals surface area contributed by atoms with E-state index in [2.05, 4.69) is 0 Å². The van der Waals surface area contributed by atoms with Crippen LogP contribution in [0, 0.1) is 0 Å². The van der Waals surface area contributed by atoms with Crippen molar-refractivity contribution in [2.24, 2.45) is 5.73 Å². The van der Waals surface area contributed by atoms with Crippen LogP contribution in [0.4, 0.5) is 0 Å². The molecule has 2 heterocycles. The second kappa shape index (κ2) is 16.3. The second-order valence-corrected chi connectivity index (χ2v) is 9.40. The highest BCUT2D eigenvalue weighted by atomic mass is 16.8. The molecule has 2 N–H and O–H groups in total. The molecule has 0 bridgehead atoms. The lowest BCUT2D eigenvalue weighted by Gasteiger charge is -2.48. The highest BCUT2D eigenvalue weighted by molar-refractivity contribution is 5.69. The predicted octanol–water partition coefficient (Wildman–Crippen LogP) is -1.44. The van der Waals surface area contributed by atoms with Crippen molar-refractivity contribution < 1.29 is 85.0 Å². The highest BCUT2D eigenvalue weighted by Gasteiger charge is 2.57. The molecule has 0 saturated carbocycles. The molecule has 2 rings (SSSR count). The lowest BCUT2D eigenvalue weighted by atomic mass is 9.95. The van der Waals surface area contributed by atoms with Crippen LogP contribution in [0.2, 0.25) is 0 Å². The van der Waals surface area contributed by atoms with E-state index in [9.17, 15) is 33.6 Å². The molecule has 18 heteroatoms. The lowest BCUT2D eigenvalue weighted by molar-refractivity contribution is -0.344. The third-order valence-electron chi connectivity index (χ3n) is 5.85. The summed E-state index contributed by atoms with van der Waals surface area (Å²) in [6.45, 7) is 0.124. The van der Waals surface area contributed by atoms with Gasteiger partial charge in [-0.3, -0.25) is 33.6 Å². The first-order chi connectivity index (χ1) is 22.1. The Labute approximate surface area is 256 Å². The zero-order chi connectivity index (χ0) is 35.4. The zero-order valence-electron chi connectivity index (χ0n) is 27.3. The fraction of sp³-hybridized carbons (Fsp3) is 0.731. The van der Waals surface area contributed by atoms with Gasteiger partial charge in [0.1, 0.15) is 37.8 Å². The molecule has 0 aromatic rings. The van der Waals surface area contributed by atoms with Gasteiger partial charge in [0.15, 0.2) is 36.8 Å². The van der Waals surface area contributed by atoms with Crippen LogP contribution in [0.1, 0.15) is 52.5 Å². The summed E-state index contributed by atoms with van der Waals surface area (Å²) >= 11 is 0. The fourth-order valence-corrected chi connectivity index (χ4v) is 4.44. The summed E-state index contributed by atoms with van der Waals surface area (Å²) in [4.78, 5) is 84.5. The first-order valence-corrected chi connectivity index (χ1v) is 12.9. The van der Waals surface area contributed by atoms with Crippen molar-refractivity contribution in [2.45, 2.75) is 110 Å². The van der Waals surface area contributed by atoms with Gasteiger partial charge in [-0.15, -0.1) is 0 Å². The Morgan fingerprint density at radius 2 is 0.977 bits per heavy atom. The number of esters is 7. The molecule has 2 saturated heterocycles. The summed E-state index contributed by atoms with van der Waals surface area (Å²) in [5, 5.41) is 0. The summed E-state index contributed by atoms with van der Waals surface area (Å²) < 4.78 is 76.3. The maximum Gasteiger partial charge on any atom is 0.303 e. The maximum atomic E-state index is 12.4. The Morgan fingerprint density at radius 3 is 1.50 bits per heavy atom. The number of carbonyl (C=O) groups is 7. The second-order valence-electron chi connectivity index (χ2n) is 9.40.